The number of aromatic nitrogens is 4. The number of hydrogen-bond donors (Lipinski definition) is 2. The van der Waals surface area contributed by atoms with Crippen molar-refractivity contribution in [1.82, 2.24) is 24.7 Å². The van der Waals surface area contributed by atoms with E-state index in [0.717, 1.165) is 22.4 Å². The van der Waals surface area contributed by atoms with E-state index >= 15 is 0 Å². The third-order valence-corrected chi connectivity index (χ3v) is 4.33. The first-order valence-corrected chi connectivity index (χ1v) is 7.58. The zero-order valence-corrected chi connectivity index (χ0v) is 11.7. The molecule has 1 fully saturated rings. The van der Waals surface area contributed by atoms with Gasteiger partial charge in [0, 0.05) is 31.2 Å². The fourth-order valence-corrected chi connectivity index (χ4v) is 3.05. The second kappa shape index (κ2) is 4.96. The van der Waals surface area contributed by atoms with Gasteiger partial charge in [-0.1, -0.05) is 6.07 Å². The number of H-pyrrole nitrogens is 1. The molecule has 3 aromatic rings. The van der Waals surface area contributed by atoms with Gasteiger partial charge in [-0.2, -0.15) is 0 Å². The van der Waals surface area contributed by atoms with Gasteiger partial charge in [-0.15, -0.1) is 0 Å². The van der Waals surface area contributed by atoms with Crippen molar-refractivity contribution >= 4 is 17.4 Å². The number of nitrogens with one attached hydrogen (secondary N) is 2. The van der Waals surface area contributed by atoms with Gasteiger partial charge in [-0.3, -0.25) is 0 Å². The number of hydrogen-bond acceptors (Lipinski definition) is 4. The molecule has 0 saturated heterocycles. The van der Waals surface area contributed by atoms with E-state index in [1.165, 1.54) is 18.5 Å². The Kier molecular flexibility index (Phi) is 2.97. The lowest BCUT2D eigenvalue weighted by Gasteiger charge is -2.05. The van der Waals surface area contributed by atoms with Crippen LogP contribution in [0.2, 0.25) is 0 Å². The summed E-state index contributed by atoms with van der Waals surface area (Å²) in [6, 6.07) is 6.77. The zero-order valence-electron chi connectivity index (χ0n) is 10.9. The molecule has 0 amide bonds. The van der Waals surface area contributed by atoms with Crippen LogP contribution < -0.4 is 5.32 Å². The van der Waals surface area contributed by atoms with Crippen molar-refractivity contribution < 1.29 is 0 Å². The Morgan fingerprint density at radius 1 is 1.40 bits per heavy atom. The highest BCUT2D eigenvalue weighted by atomic mass is 32.2. The summed E-state index contributed by atoms with van der Waals surface area (Å²) in [7, 11) is 0. The van der Waals surface area contributed by atoms with Gasteiger partial charge in [0.2, 0.25) is 0 Å². The van der Waals surface area contributed by atoms with E-state index in [9.17, 15) is 0 Å². The summed E-state index contributed by atoms with van der Waals surface area (Å²) in [5.74, 6) is 0. The van der Waals surface area contributed by atoms with Crippen LogP contribution in [-0.4, -0.2) is 25.4 Å². The molecule has 0 bridgehead atoms. The molecule has 6 heteroatoms. The second-order valence-corrected chi connectivity index (χ2v) is 5.92. The summed E-state index contributed by atoms with van der Waals surface area (Å²) >= 11 is 1.58. The Morgan fingerprint density at radius 3 is 3.15 bits per heavy atom. The van der Waals surface area contributed by atoms with Crippen molar-refractivity contribution in [2.24, 2.45) is 0 Å². The molecular formula is C14H15N5S. The van der Waals surface area contributed by atoms with Gasteiger partial charge < -0.3 is 14.7 Å². The average molecular weight is 285 g/mol. The van der Waals surface area contributed by atoms with E-state index < -0.39 is 0 Å². The summed E-state index contributed by atoms with van der Waals surface area (Å²) in [5.41, 5.74) is 2.18. The van der Waals surface area contributed by atoms with E-state index in [2.05, 4.69) is 25.9 Å². The molecule has 1 aliphatic carbocycles. The summed E-state index contributed by atoms with van der Waals surface area (Å²) in [6.45, 7) is 0.846. The minimum atomic E-state index is 0.686. The summed E-state index contributed by atoms with van der Waals surface area (Å²) < 4.78 is 2.15. The van der Waals surface area contributed by atoms with Crippen LogP contribution in [0.3, 0.4) is 0 Å². The van der Waals surface area contributed by atoms with Crippen molar-refractivity contribution in [2.45, 2.75) is 35.6 Å². The molecule has 0 aliphatic heterocycles. The molecule has 2 N–H and O–H groups in total. The maximum atomic E-state index is 4.71. The first-order chi connectivity index (χ1) is 9.90. The topological polar surface area (TPSA) is 58.0 Å². The van der Waals surface area contributed by atoms with Crippen molar-refractivity contribution in [2.75, 3.05) is 0 Å². The Bertz CT molecular complexity index is 714. The highest BCUT2D eigenvalue weighted by Crippen LogP contribution is 2.29. The van der Waals surface area contributed by atoms with Gasteiger partial charge >= 0.3 is 0 Å². The van der Waals surface area contributed by atoms with E-state index in [1.54, 1.807) is 18.0 Å². The molecule has 0 spiro atoms. The molecule has 102 valence electrons. The molecule has 0 radical (unpaired) electrons. The quantitative estimate of drug-likeness (QED) is 0.756. The van der Waals surface area contributed by atoms with E-state index in [0.29, 0.717) is 6.04 Å². The zero-order chi connectivity index (χ0) is 13.4. The van der Waals surface area contributed by atoms with Crippen LogP contribution in [-0.2, 0) is 6.54 Å². The Hall–Kier alpha value is -1.79. The molecule has 0 unspecified atom stereocenters. The number of nitrogens with zero attached hydrogens (tertiary/aromatic N) is 3. The van der Waals surface area contributed by atoms with Crippen LogP contribution in [0.25, 0.3) is 5.65 Å². The molecule has 1 saturated carbocycles. The van der Waals surface area contributed by atoms with Gasteiger partial charge in [0.1, 0.15) is 10.7 Å². The Morgan fingerprint density at radius 2 is 2.35 bits per heavy atom. The molecule has 1 aliphatic rings. The third-order valence-electron chi connectivity index (χ3n) is 3.39. The number of imidazole rings is 2. The highest BCUT2D eigenvalue weighted by molar-refractivity contribution is 7.99. The second-order valence-electron chi connectivity index (χ2n) is 4.94. The normalized spacial score (nSPS) is 15.0. The van der Waals surface area contributed by atoms with Crippen LogP contribution in [0, 0.1) is 0 Å². The third kappa shape index (κ3) is 2.32. The standard InChI is InChI=1S/C14H15N5S/c1-2-8-19-11(9-17-10-4-5-10)13(18-12(19)3-1)20-14-15-6-7-16-14/h1-3,6-8,10,17H,4-5,9H2,(H,15,16). The van der Waals surface area contributed by atoms with Gasteiger partial charge in [0.05, 0.1) is 5.69 Å². The van der Waals surface area contributed by atoms with Crippen LogP contribution in [0.15, 0.2) is 47.0 Å². The minimum Gasteiger partial charge on any atom is -0.339 e. The molecule has 0 aromatic carbocycles. The van der Waals surface area contributed by atoms with Gasteiger partial charge in [-0.25, -0.2) is 9.97 Å². The molecule has 3 aromatic heterocycles. The predicted octanol–water partition coefficient (Wildman–Crippen LogP) is 2.46. The summed E-state index contributed by atoms with van der Waals surface area (Å²) in [5, 5.41) is 5.46. The SMILES string of the molecule is c1ccn2c(CNC3CC3)c(Sc3ncc[nH]3)nc2c1. The van der Waals surface area contributed by atoms with Crippen LogP contribution in [0.1, 0.15) is 18.5 Å². The van der Waals surface area contributed by atoms with Gasteiger partial charge in [-0.05, 0) is 36.7 Å². The maximum Gasteiger partial charge on any atom is 0.171 e. The lowest BCUT2D eigenvalue weighted by atomic mass is 10.4. The van der Waals surface area contributed by atoms with E-state index in [1.807, 2.05) is 24.4 Å². The Balaban J connectivity index is 1.70. The summed E-state index contributed by atoms with van der Waals surface area (Å²) in [6.07, 6.45) is 8.24. The first kappa shape index (κ1) is 12.0. The molecular weight excluding hydrogens is 270 g/mol. The lowest BCUT2D eigenvalue weighted by Crippen LogP contribution is -2.17. The van der Waals surface area contributed by atoms with Crippen LogP contribution in [0.4, 0.5) is 0 Å². The van der Waals surface area contributed by atoms with Crippen molar-refractivity contribution in [3.63, 3.8) is 0 Å². The first-order valence-electron chi connectivity index (χ1n) is 6.77. The fourth-order valence-electron chi connectivity index (χ4n) is 2.19. The molecule has 0 atom stereocenters. The maximum absolute atomic E-state index is 4.71. The number of pyridine rings is 1. The number of fused-ring (bicyclic) bond motifs is 1. The largest absolute Gasteiger partial charge is 0.339 e. The van der Waals surface area contributed by atoms with Crippen LogP contribution >= 0.6 is 11.8 Å². The predicted molar refractivity (Wildman–Crippen MR) is 77.8 cm³/mol. The van der Waals surface area contributed by atoms with Gasteiger partial charge in [0.25, 0.3) is 0 Å². The number of rotatable bonds is 5. The van der Waals surface area contributed by atoms with Crippen molar-refractivity contribution in [3.05, 3.63) is 42.5 Å². The van der Waals surface area contributed by atoms with E-state index in [-0.39, 0.29) is 0 Å². The summed E-state index contributed by atoms with van der Waals surface area (Å²) in [4.78, 5) is 12.1. The smallest absolute Gasteiger partial charge is 0.171 e. The minimum absolute atomic E-state index is 0.686. The highest BCUT2D eigenvalue weighted by Gasteiger charge is 2.22. The monoisotopic (exact) mass is 285 g/mol. The van der Waals surface area contributed by atoms with Gasteiger partial charge in [0.15, 0.2) is 5.16 Å². The average Bonchev–Trinajstić information content (AvgIpc) is 3.03. The van der Waals surface area contributed by atoms with Crippen LogP contribution in [0.5, 0.6) is 0 Å². The van der Waals surface area contributed by atoms with Crippen molar-refractivity contribution in [3.8, 4) is 0 Å². The molecule has 4 rings (SSSR count). The fraction of sp³-hybridized carbons (Fsp3) is 0.286. The molecule has 3 heterocycles. The van der Waals surface area contributed by atoms with E-state index in [4.69, 9.17) is 4.98 Å². The Labute approximate surface area is 120 Å². The molecule has 20 heavy (non-hydrogen) atoms. The lowest BCUT2D eigenvalue weighted by molar-refractivity contribution is 0.660. The number of aromatic amines is 1. The molecule has 5 nitrogen and oxygen atoms in total. The van der Waals surface area contributed by atoms with Crippen molar-refractivity contribution in [1.29, 1.82) is 0 Å².